The normalized spacial score (nSPS) is 21.3. The highest BCUT2D eigenvalue weighted by Crippen LogP contribution is 2.42. The van der Waals surface area contributed by atoms with E-state index in [4.69, 9.17) is 11.2 Å². The Morgan fingerprint density at radius 1 is 1.36 bits per heavy atom. The maximum Gasteiger partial charge on any atom is 0.145 e. The van der Waals surface area contributed by atoms with Gasteiger partial charge in [-0.1, -0.05) is 25.8 Å². The highest BCUT2D eigenvalue weighted by atomic mass is 16.5. The SMILES string of the molecule is C#CCN1CC(C(C)C)Oc2cccc(N3CCNCC3)c21. The average Bonchev–Trinajstić information content (AvgIpc) is 2.55. The van der Waals surface area contributed by atoms with Crippen LogP contribution in [0.4, 0.5) is 11.4 Å². The molecule has 4 heteroatoms. The number of ether oxygens (including phenoxy) is 1. The van der Waals surface area contributed by atoms with Crippen molar-refractivity contribution >= 4 is 11.4 Å². The molecule has 1 atom stereocenters. The maximum absolute atomic E-state index is 6.25. The molecule has 22 heavy (non-hydrogen) atoms. The van der Waals surface area contributed by atoms with Crippen molar-refractivity contribution < 1.29 is 4.74 Å². The van der Waals surface area contributed by atoms with E-state index in [0.717, 1.165) is 38.5 Å². The average molecular weight is 299 g/mol. The molecule has 2 heterocycles. The molecule has 1 unspecified atom stereocenters. The van der Waals surface area contributed by atoms with Crippen molar-refractivity contribution in [2.75, 3.05) is 49.1 Å². The van der Waals surface area contributed by atoms with Crippen molar-refractivity contribution in [1.82, 2.24) is 5.32 Å². The van der Waals surface area contributed by atoms with Crippen LogP contribution < -0.4 is 19.9 Å². The van der Waals surface area contributed by atoms with Gasteiger partial charge in [0.2, 0.25) is 0 Å². The summed E-state index contributed by atoms with van der Waals surface area (Å²) in [6.45, 7) is 9.97. The molecule has 1 fully saturated rings. The van der Waals surface area contributed by atoms with Gasteiger partial charge in [-0.25, -0.2) is 0 Å². The van der Waals surface area contributed by atoms with Crippen molar-refractivity contribution in [3.8, 4) is 18.1 Å². The molecule has 0 spiro atoms. The zero-order valence-corrected chi connectivity index (χ0v) is 13.5. The van der Waals surface area contributed by atoms with E-state index in [9.17, 15) is 0 Å². The molecular weight excluding hydrogens is 274 g/mol. The van der Waals surface area contributed by atoms with Crippen LogP contribution >= 0.6 is 0 Å². The Morgan fingerprint density at radius 3 is 2.82 bits per heavy atom. The Kier molecular flexibility index (Phi) is 4.44. The predicted octanol–water partition coefficient (Wildman–Crippen LogP) is 1.95. The number of terminal acetylenes is 1. The van der Waals surface area contributed by atoms with Gasteiger partial charge in [0, 0.05) is 26.2 Å². The Balaban J connectivity index is 1.98. The standard InChI is InChI=1S/C18H25N3O/c1-4-10-21-13-17(14(2)3)22-16-7-5-6-15(18(16)21)20-11-8-19-9-12-20/h1,5-7,14,17,19H,8-13H2,2-3H3. The molecular formula is C18H25N3O. The van der Waals surface area contributed by atoms with Crippen LogP contribution in [0.2, 0.25) is 0 Å². The van der Waals surface area contributed by atoms with Gasteiger partial charge in [0.1, 0.15) is 17.5 Å². The summed E-state index contributed by atoms with van der Waals surface area (Å²) in [5, 5.41) is 3.40. The molecule has 4 nitrogen and oxygen atoms in total. The summed E-state index contributed by atoms with van der Waals surface area (Å²) >= 11 is 0. The summed E-state index contributed by atoms with van der Waals surface area (Å²) in [6.07, 6.45) is 5.80. The van der Waals surface area contributed by atoms with Crippen molar-refractivity contribution in [3.63, 3.8) is 0 Å². The fourth-order valence-corrected chi connectivity index (χ4v) is 3.19. The second kappa shape index (κ2) is 6.50. The van der Waals surface area contributed by atoms with Crippen LogP contribution in [0, 0.1) is 18.3 Å². The van der Waals surface area contributed by atoms with Gasteiger partial charge >= 0.3 is 0 Å². The van der Waals surface area contributed by atoms with E-state index in [1.54, 1.807) is 0 Å². The lowest BCUT2D eigenvalue weighted by Gasteiger charge is -2.41. The molecule has 1 aromatic carbocycles. The lowest BCUT2D eigenvalue weighted by atomic mass is 10.0. The van der Waals surface area contributed by atoms with Gasteiger partial charge in [-0.3, -0.25) is 0 Å². The second-order valence-electron chi connectivity index (χ2n) is 6.35. The van der Waals surface area contributed by atoms with E-state index in [0.29, 0.717) is 12.5 Å². The molecule has 2 aliphatic heterocycles. The number of nitrogens with one attached hydrogen (secondary N) is 1. The van der Waals surface area contributed by atoms with Gasteiger partial charge < -0.3 is 19.9 Å². The molecule has 0 aliphatic carbocycles. The summed E-state index contributed by atoms with van der Waals surface area (Å²) in [4.78, 5) is 4.73. The number of anilines is 2. The molecule has 0 aromatic heterocycles. The van der Waals surface area contributed by atoms with E-state index in [-0.39, 0.29) is 6.10 Å². The van der Waals surface area contributed by atoms with E-state index >= 15 is 0 Å². The Labute approximate surface area is 133 Å². The van der Waals surface area contributed by atoms with Crippen LogP contribution in [-0.4, -0.2) is 45.4 Å². The summed E-state index contributed by atoms with van der Waals surface area (Å²) in [6, 6.07) is 6.35. The quantitative estimate of drug-likeness (QED) is 0.864. The topological polar surface area (TPSA) is 27.7 Å². The molecule has 0 radical (unpaired) electrons. The first-order valence-electron chi connectivity index (χ1n) is 8.14. The molecule has 0 saturated carbocycles. The number of nitrogens with zero attached hydrogens (tertiary/aromatic N) is 2. The molecule has 0 bridgehead atoms. The second-order valence-corrected chi connectivity index (χ2v) is 6.35. The number of fused-ring (bicyclic) bond motifs is 1. The molecule has 1 N–H and O–H groups in total. The van der Waals surface area contributed by atoms with E-state index in [1.807, 2.05) is 0 Å². The first-order valence-corrected chi connectivity index (χ1v) is 8.14. The summed E-state index contributed by atoms with van der Waals surface area (Å²) in [5.74, 6) is 4.24. The minimum absolute atomic E-state index is 0.194. The van der Waals surface area contributed by atoms with Crippen LogP contribution in [0.1, 0.15) is 13.8 Å². The minimum atomic E-state index is 0.194. The highest BCUT2D eigenvalue weighted by molar-refractivity contribution is 5.79. The number of hydrogen-bond donors (Lipinski definition) is 1. The Morgan fingerprint density at radius 2 is 2.14 bits per heavy atom. The number of piperazine rings is 1. The smallest absolute Gasteiger partial charge is 0.145 e. The summed E-state index contributed by atoms with van der Waals surface area (Å²) in [5.41, 5.74) is 2.41. The largest absolute Gasteiger partial charge is 0.486 e. The third-order valence-corrected chi connectivity index (χ3v) is 4.46. The number of rotatable bonds is 3. The zero-order chi connectivity index (χ0) is 15.5. The molecule has 1 aromatic rings. The molecule has 1 saturated heterocycles. The first-order chi connectivity index (χ1) is 10.7. The van der Waals surface area contributed by atoms with Crippen LogP contribution in [0.25, 0.3) is 0 Å². The Bertz CT molecular complexity index is 558. The highest BCUT2D eigenvalue weighted by Gasteiger charge is 2.30. The minimum Gasteiger partial charge on any atom is -0.486 e. The molecule has 118 valence electrons. The van der Waals surface area contributed by atoms with Crippen LogP contribution in [0.3, 0.4) is 0 Å². The molecule has 3 rings (SSSR count). The monoisotopic (exact) mass is 299 g/mol. The number of benzene rings is 1. The van der Waals surface area contributed by atoms with E-state index < -0.39 is 0 Å². The van der Waals surface area contributed by atoms with E-state index in [2.05, 4.69) is 53.1 Å². The first kappa shape index (κ1) is 15.1. The maximum atomic E-state index is 6.25. The molecule has 0 amide bonds. The van der Waals surface area contributed by atoms with Crippen molar-refractivity contribution in [2.45, 2.75) is 20.0 Å². The van der Waals surface area contributed by atoms with E-state index in [1.165, 1.54) is 11.4 Å². The number of para-hydroxylation sites is 1. The van der Waals surface area contributed by atoms with Crippen molar-refractivity contribution in [1.29, 1.82) is 0 Å². The van der Waals surface area contributed by atoms with Gasteiger partial charge in [-0.05, 0) is 18.1 Å². The third kappa shape index (κ3) is 2.86. The van der Waals surface area contributed by atoms with Crippen LogP contribution in [0.15, 0.2) is 18.2 Å². The Hall–Kier alpha value is -1.86. The van der Waals surface area contributed by atoms with Gasteiger partial charge in [0.25, 0.3) is 0 Å². The lowest BCUT2D eigenvalue weighted by molar-refractivity contribution is 0.147. The third-order valence-electron chi connectivity index (χ3n) is 4.46. The van der Waals surface area contributed by atoms with Crippen LogP contribution in [-0.2, 0) is 0 Å². The van der Waals surface area contributed by atoms with Crippen molar-refractivity contribution in [2.24, 2.45) is 5.92 Å². The fraction of sp³-hybridized carbons (Fsp3) is 0.556. The van der Waals surface area contributed by atoms with Gasteiger partial charge in [-0.2, -0.15) is 0 Å². The predicted molar refractivity (Wildman–Crippen MR) is 91.8 cm³/mol. The lowest BCUT2D eigenvalue weighted by Crippen LogP contribution is -2.46. The number of hydrogen-bond acceptors (Lipinski definition) is 4. The summed E-state index contributed by atoms with van der Waals surface area (Å²) < 4.78 is 6.25. The van der Waals surface area contributed by atoms with Gasteiger partial charge in [-0.15, -0.1) is 6.42 Å². The summed E-state index contributed by atoms with van der Waals surface area (Å²) in [7, 11) is 0. The van der Waals surface area contributed by atoms with Gasteiger partial charge in [0.15, 0.2) is 0 Å². The molecule has 2 aliphatic rings. The van der Waals surface area contributed by atoms with Crippen molar-refractivity contribution in [3.05, 3.63) is 18.2 Å². The van der Waals surface area contributed by atoms with Crippen LogP contribution in [0.5, 0.6) is 5.75 Å². The van der Waals surface area contributed by atoms with Gasteiger partial charge in [0.05, 0.1) is 18.8 Å². The zero-order valence-electron chi connectivity index (χ0n) is 13.5. The fourth-order valence-electron chi connectivity index (χ4n) is 3.19.